The fraction of sp³-hybridized carbons (Fsp3) is 0.263. The zero-order valence-electron chi connectivity index (χ0n) is 15.5. The van der Waals surface area contributed by atoms with Crippen LogP contribution in [0.25, 0.3) is 0 Å². The Balaban J connectivity index is 1.66. The largest absolute Gasteiger partial charge is 0.378 e. The minimum absolute atomic E-state index is 0.0323. The van der Waals surface area contributed by atoms with Gasteiger partial charge >= 0.3 is 0 Å². The van der Waals surface area contributed by atoms with E-state index in [9.17, 15) is 14.9 Å². The number of amides is 1. The Morgan fingerprint density at radius 3 is 2.76 bits per heavy atom. The summed E-state index contributed by atoms with van der Waals surface area (Å²) in [5.41, 5.74) is 4.66. The van der Waals surface area contributed by atoms with Gasteiger partial charge in [-0.3, -0.25) is 14.9 Å². The number of anilines is 2. The molecule has 3 rings (SSSR count). The van der Waals surface area contributed by atoms with Crippen LogP contribution in [0.15, 0.2) is 47.6 Å². The number of nitrogens with zero attached hydrogens (tertiary/aromatic N) is 3. The summed E-state index contributed by atoms with van der Waals surface area (Å²) in [5, 5.41) is 18.1. The van der Waals surface area contributed by atoms with Crippen molar-refractivity contribution >= 4 is 51.8 Å². The first-order valence-electron chi connectivity index (χ1n) is 8.96. The standard InChI is InChI=1S/C19H20IN5O4/c20-16-3-1-2-4-17(16)21-13-19(26)23-22-12-14-11-15(25(27)28)5-6-18(14)24-7-9-29-10-8-24/h1-6,11-12,21H,7-10,13H2,(H,23,26)/b22-12+. The van der Waals surface area contributed by atoms with Gasteiger partial charge in [-0.1, -0.05) is 12.1 Å². The van der Waals surface area contributed by atoms with Crippen molar-refractivity contribution in [2.24, 2.45) is 5.10 Å². The average molecular weight is 509 g/mol. The molecule has 2 aromatic carbocycles. The van der Waals surface area contributed by atoms with Crippen LogP contribution >= 0.6 is 22.6 Å². The molecule has 152 valence electrons. The molecule has 1 saturated heterocycles. The number of ether oxygens (including phenoxy) is 1. The van der Waals surface area contributed by atoms with E-state index in [-0.39, 0.29) is 18.1 Å². The molecule has 0 saturated carbocycles. The molecule has 10 heteroatoms. The van der Waals surface area contributed by atoms with E-state index >= 15 is 0 Å². The topological polar surface area (TPSA) is 109 Å². The van der Waals surface area contributed by atoms with Crippen molar-refractivity contribution in [1.29, 1.82) is 0 Å². The summed E-state index contributed by atoms with van der Waals surface area (Å²) < 4.78 is 6.37. The second kappa shape index (κ2) is 10.2. The molecule has 0 spiro atoms. The number of nitro benzene ring substituents is 1. The zero-order valence-corrected chi connectivity index (χ0v) is 17.7. The maximum atomic E-state index is 12.1. The minimum Gasteiger partial charge on any atom is -0.378 e. The molecule has 0 aliphatic carbocycles. The quantitative estimate of drug-likeness (QED) is 0.257. The second-order valence-electron chi connectivity index (χ2n) is 6.23. The molecule has 0 bridgehead atoms. The summed E-state index contributed by atoms with van der Waals surface area (Å²) in [6.45, 7) is 2.61. The van der Waals surface area contributed by atoms with Gasteiger partial charge < -0.3 is 15.0 Å². The van der Waals surface area contributed by atoms with Gasteiger partial charge in [-0.25, -0.2) is 5.43 Å². The molecule has 0 radical (unpaired) electrons. The smallest absolute Gasteiger partial charge is 0.270 e. The molecule has 2 N–H and O–H groups in total. The van der Waals surface area contributed by atoms with Crippen LogP contribution in [0.2, 0.25) is 0 Å². The third-order valence-electron chi connectivity index (χ3n) is 4.28. The fourth-order valence-electron chi connectivity index (χ4n) is 2.84. The highest BCUT2D eigenvalue weighted by atomic mass is 127. The molecule has 9 nitrogen and oxygen atoms in total. The van der Waals surface area contributed by atoms with Gasteiger partial charge in [-0.05, 0) is 40.8 Å². The zero-order chi connectivity index (χ0) is 20.6. The van der Waals surface area contributed by atoms with Crippen LogP contribution in [0.5, 0.6) is 0 Å². The predicted octanol–water partition coefficient (Wildman–Crippen LogP) is 2.60. The summed E-state index contributed by atoms with van der Waals surface area (Å²) in [7, 11) is 0. The Morgan fingerprint density at radius 2 is 2.03 bits per heavy atom. The van der Waals surface area contributed by atoms with E-state index in [0.29, 0.717) is 31.9 Å². The molecule has 1 aliphatic rings. The molecule has 0 atom stereocenters. The van der Waals surface area contributed by atoms with Gasteiger partial charge in [0, 0.05) is 45.7 Å². The number of hydrogen-bond donors (Lipinski definition) is 2. The number of non-ortho nitro benzene ring substituents is 1. The number of rotatable bonds is 7. The lowest BCUT2D eigenvalue weighted by Crippen LogP contribution is -2.36. The first kappa shape index (κ1) is 21.0. The summed E-state index contributed by atoms with van der Waals surface area (Å²) in [6, 6.07) is 12.2. The van der Waals surface area contributed by atoms with E-state index in [4.69, 9.17) is 4.74 Å². The lowest BCUT2D eigenvalue weighted by Gasteiger charge is -2.29. The normalized spacial score (nSPS) is 14.0. The molecule has 1 amide bonds. The maximum Gasteiger partial charge on any atom is 0.270 e. The molecular formula is C19H20IN5O4. The number of nitro groups is 1. The van der Waals surface area contributed by atoms with Crippen molar-refractivity contribution in [3.05, 3.63) is 61.7 Å². The molecule has 0 unspecified atom stereocenters. The van der Waals surface area contributed by atoms with E-state index in [1.165, 1.54) is 18.3 Å². The molecule has 1 aliphatic heterocycles. The lowest BCUT2D eigenvalue weighted by molar-refractivity contribution is -0.384. The summed E-state index contributed by atoms with van der Waals surface area (Å²) in [5.74, 6) is -0.320. The molecule has 2 aromatic rings. The number of hydrogen-bond acceptors (Lipinski definition) is 7. The van der Waals surface area contributed by atoms with Crippen molar-refractivity contribution in [3.63, 3.8) is 0 Å². The molecular weight excluding hydrogens is 489 g/mol. The number of benzene rings is 2. The monoisotopic (exact) mass is 509 g/mol. The molecule has 1 fully saturated rings. The summed E-state index contributed by atoms with van der Waals surface area (Å²) in [4.78, 5) is 24.8. The highest BCUT2D eigenvalue weighted by molar-refractivity contribution is 14.1. The van der Waals surface area contributed by atoms with Crippen LogP contribution in [0.3, 0.4) is 0 Å². The molecule has 0 aromatic heterocycles. The van der Waals surface area contributed by atoms with Gasteiger partial charge in [0.2, 0.25) is 0 Å². The van der Waals surface area contributed by atoms with Gasteiger partial charge in [0.15, 0.2) is 0 Å². The van der Waals surface area contributed by atoms with Gasteiger partial charge in [0.05, 0.1) is 30.9 Å². The van der Waals surface area contributed by atoms with E-state index < -0.39 is 4.92 Å². The van der Waals surface area contributed by atoms with Crippen LogP contribution in [0.4, 0.5) is 17.1 Å². The van der Waals surface area contributed by atoms with Crippen molar-refractivity contribution in [2.45, 2.75) is 0 Å². The van der Waals surface area contributed by atoms with Crippen LogP contribution in [-0.2, 0) is 9.53 Å². The minimum atomic E-state index is -0.454. The Morgan fingerprint density at radius 1 is 1.28 bits per heavy atom. The Labute approximate surface area is 181 Å². The van der Waals surface area contributed by atoms with Crippen LogP contribution in [0.1, 0.15) is 5.56 Å². The number of carbonyl (C=O) groups is 1. The predicted molar refractivity (Wildman–Crippen MR) is 120 cm³/mol. The molecule has 29 heavy (non-hydrogen) atoms. The third-order valence-corrected chi connectivity index (χ3v) is 5.22. The Hall–Kier alpha value is -2.73. The van der Waals surface area contributed by atoms with E-state index in [2.05, 4.69) is 43.3 Å². The SMILES string of the molecule is O=C(CNc1ccccc1I)N/N=C/c1cc([N+](=O)[O-])ccc1N1CCOCC1. The van der Waals surface area contributed by atoms with E-state index in [1.54, 1.807) is 6.07 Å². The second-order valence-corrected chi connectivity index (χ2v) is 7.39. The highest BCUT2D eigenvalue weighted by Gasteiger charge is 2.17. The van der Waals surface area contributed by atoms with Gasteiger partial charge in [0.1, 0.15) is 0 Å². The summed E-state index contributed by atoms with van der Waals surface area (Å²) >= 11 is 2.18. The van der Waals surface area contributed by atoms with Crippen molar-refractivity contribution < 1.29 is 14.5 Å². The van der Waals surface area contributed by atoms with E-state index in [1.807, 2.05) is 24.3 Å². The van der Waals surface area contributed by atoms with E-state index in [0.717, 1.165) is 14.9 Å². The van der Waals surface area contributed by atoms with Gasteiger partial charge in [-0.2, -0.15) is 5.10 Å². The maximum absolute atomic E-state index is 12.1. The summed E-state index contributed by atoms with van der Waals surface area (Å²) in [6.07, 6.45) is 1.43. The van der Waals surface area contributed by atoms with Crippen molar-refractivity contribution in [3.8, 4) is 0 Å². The number of halogens is 1. The number of nitrogens with one attached hydrogen (secondary N) is 2. The number of hydrazone groups is 1. The number of morpholine rings is 1. The molecule has 1 heterocycles. The third kappa shape index (κ3) is 5.87. The van der Waals surface area contributed by atoms with Crippen LogP contribution < -0.4 is 15.6 Å². The van der Waals surface area contributed by atoms with Gasteiger partial charge in [0.25, 0.3) is 11.6 Å². The van der Waals surface area contributed by atoms with Gasteiger partial charge in [-0.15, -0.1) is 0 Å². The average Bonchev–Trinajstić information content (AvgIpc) is 2.73. The Bertz CT molecular complexity index is 915. The van der Waals surface area contributed by atoms with Crippen LogP contribution in [0, 0.1) is 13.7 Å². The lowest BCUT2D eigenvalue weighted by atomic mass is 10.1. The first-order chi connectivity index (χ1) is 14.0. The fourth-order valence-corrected chi connectivity index (χ4v) is 3.42. The highest BCUT2D eigenvalue weighted by Crippen LogP contribution is 2.25. The van der Waals surface area contributed by atoms with Crippen LogP contribution in [-0.4, -0.2) is 49.9 Å². The van der Waals surface area contributed by atoms with Crippen molar-refractivity contribution in [2.75, 3.05) is 43.1 Å². The first-order valence-corrected chi connectivity index (χ1v) is 10.0. The van der Waals surface area contributed by atoms with Crippen molar-refractivity contribution in [1.82, 2.24) is 5.43 Å². The number of carbonyl (C=O) groups excluding carboxylic acids is 1. The number of para-hydroxylation sites is 1. The Kier molecular flexibility index (Phi) is 7.36.